The second kappa shape index (κ2) is 15.3. The van der Waals surface area contributed by atoms with Crippen molar-refractivity contribution in [2.45, 2.75) is 5.41 Å². The van der Waals surface area contributed by atoms with Gasteiger partial charge in [0.25, 0.3) is 0 Å². The van der Waals surface area contributed by atoms with Crippen molar-refractivity contribution in [2.24, 2.45) is 0 Å². The molecule has 0 unspecified atom stereocenters. The zero-order chi connectivity index (χ0) is 46.6. The van der Waals surface area contributed by atoms with Crippen LogP contribution in [0.2, 0.25) is 0 Å². The van der Waals surface area contributed by atoms with Crippen molar-refractivity contribution < 1.29 is 4.74 Å². The lowest BCUT2D eigenvalue weighted by molar-refractivity contribution is 0.436. The van der Waals surface area contributed by atoms with Gasteiger partial charge in [0.1, 0.15) is 11.5 Å². The summed E-state index contributed by atoms with van der Waals surface area (Å²) in [5.41, 5.74) is 18.5. The van der Waals surface area contributed by atoms with Crippen LogP contribution in [0, 0.1) is 0 Å². The molecule has 0 amide bonds. The van der Waals surface area contributed by atoms with Gasteiger partial charge in [-0.15, -0.1) is 0 Å². The number of nitrogens with zero attached hydrogens (tertiary/aromatic N) is 3. The van der Waals surface area contributed by atoms with E-state index in [2.05, 4.69) is 253 Å². The Labute approximate surface area is 410 Å². The minimum Gasteiger partial charge on any atom is -0.457 e. The number of fused-ring (bicyclic) bond motifs is 15. The molecular weight excluding hydrogens is 863 g/mol. The normalized spacial score (nSPS) is 13.0. The number of benzene rings is 11. The van der Waals surface area contributed by atoms with Crippen LogP contribution in [0.1, 0.15) is 22.3 Å². The molecular formula is C67H41N3O. The largest absolute Gasteiger partial charge is 0.457 e. The first-order valence-electron chi connectivity index (χ1n) is 24.3. The first-order chi connectivity index (χ1) is 35.2. The number of rotatable bonds is 5. The molecule has 3 heterocycles. The highest BCUT2D eigenvalue weighted by atomic mass is 16.5. The Morgan fingerprint density at radius 2 is 0.958 bits per heavy atom. The minimum absolute atomic E-state index is 0.584. The monoisotopic (exact) mass is 903 g/mol. The molecule has 15 rings (SSSR count). The van der Waals surface area contributed by atoms with Gasteiger partial charge >= 0.3 is 0 Å². The molecule has 4 heteroatoms. The highest BCUT2D eigenvalue weighted by Gasteiger charge is 2.52. The van der Waals surface area contributed by atoms with Gasteiger partial charge in [-0.05, 0) is 86.3 Å². The van der Waals surface area contributed by atoms with Gasteiger partial charge in [-0.25, -0.2) is 9.97 Å². The first kappa shape index (κ1) is 39.6. The van der Waals surface area contributed by atoms with Crippen LogP contribution in [0.4, 0.5) is 0 Å². The molecule has 1 aliphatic heterocycles. The maximum Gasteiger partial charge on any atom is 0.160 e. The highest BCUT2D eigenvalue weighted by Crippen LogP contribution is 2.63. The SMILES string of the molecule is c1ccc(-c2ccc(-c3nc(-c4ccc(-c5cccc6c5C5(c7ccccc7Oc7ccccc75)c5ccccc5-6)cc4)nc4cc(-n5c6ccccc6c6ccc7ccccc7c65)ccc34)cc2)cc1. The molecule has 0 saturated carbocycles. The summed E-state index contributed by atoms with van der Waals surface area (Å²) in [6.07, 6.45) is 0. The van der Waals surface area contributed by atoms with E-state index < -0.39 is 5.41 Å². The van der Waals surface area contributed by atoms with Crippen LogP contribution >= 0.6 is 0 Å². The van der Waals surface area contributed by atoms with E-state index in [9.17, 15) is 0 Å². The summed E-state index contributed by atoms with van der Waals surface area (Å²) in [6.45, 7) is 0. The van der Waals surface area contributed by atoms with Crippen LogP contribution in [-0.2, 0) is 5.41 Å². The third-order valence-electron chi connectivity index (χ3n) is 15.1. The minimum atomic E-state index is -0.584. The molecule has 0 radical (unpaired) electrons. The molecule has 11 aromatic carbocycles. The van der Waals surface area contributed by atoms with E-state index in [1.54, 1.807) is 0 Å². The Kier molecular flexibility index (Phi) is 8.54. The van der Waals surface area contributed by atoms with Crippen LogP contribution in [0.15, 0.2) is 249 Å². The summed E-state index contributed by atoms with van der Waals surface area (Å²) < 4.78 is 9.08. The molecule has 0 atom stereocenters. The number of para-hydroxylation sites is 3. The topological polar surface area (TPSA) is 39.9 Å². The van der Waals surface area contributed by atoms with Gasteiger partial charge in [-0.1, -0.05) is 212 Å². The zero-order valence-electron chi connectivity index (χ0n) is 38.4. The quantitative estimate of drug-likeness (QED) is 0.173. The van der Waals surface area contributed by atoms with E-state index in [-0.39, 0.29) is 0 Å². The predicted molar refractivity (Wildman–Crippen MR) is 291 cm³/mol. The van der Waals surface area contributed by atoms with Crippen molar-refractivity contribution in [1.29, 1.82) is 0 Å². The summed E-state index contributed by atoms with van der Waals surface area (Å²) in [6, 6.07) is 89.6. The van der Waals surface area contributed by atoms with E-state index in [0.29, 0.717) is 5.82 Å². The van der Waals surface area contributed by atoms with Crippen LogP contribution in [0.25, 0.3) is 105 Å². The summed E-state index contributed by atoms with van der Waals surface area (Å²) in [5, 5.41) is 5.87. The number of hydrogen-bond acceptors (Lipinski definition) is 3. The fourth-order valence-electron chi connectivity index (χ4n) is 12.0. The molecule has 330 valence electrons. The molecule has 0 saturated heterocycles. The lowest BCUT2D eigenvalue weighted by Gasteiger charge is -2.40. The van der Waals surface area contributed by atoms with Gasteiger partial charge in [0, 0.05) is 49.5 Å². The van der Waals surface area contributed by atoms with Crippen molar-refractivity contribution in [2.75, 3.05) is 0 Å². The van der Waals surface area contributed by atoms with Crippen LogP contribution in [0.5, 0.6) is 11.5 Å². The van der Waals surface area contributed by atoms with Crippen LogP contribution in [-0.4, -0.2) is 14.5 Å². The third-order valence-corrected chi connectivity index (χ3v) is 15.1. The van der Waals surface area contributed by atoms with Gasteiger partial charge in [0.15, 0.2) is 5.82 Å². The Bertz CT molecular complexity index is 4260. The number of hydrogen-bond donors (Lipinski definition) is 0. The van der Waals surface area contributed by atoms with Crippen molar-refractivity contribution in [3.8, 4) is 73.2 Å². The molecule has 0 N–H and O–H groups in total. The lowest BCUT2D eigenvalue weighted by atomic mass is 9.64. The maximum absolute atomic E-state index is 6.67. The fourth-order valence-corrected chi connectivity index (χ4v) is 12.0. The lowest BCUT2D eigenvalue weighted by Crippen LogP contribution is -2.32. The average molecular weight is 904 g/mol. The molecule has 1 spiro atoms. The predicted octanol–water partition coefficient (Wildman–Crippen LogP) is 17.0. The first-order valence-corrected chi connectivity index (χ1v) is 24.3. The van der Waals surface area contributed by atoms with Crippen molar-refractivity contribution >= 4 is 43.5 Å². The van der Waals surface area contributed by atoms with Gasteiger partial charge in [-0.2, -0.15) is 0 Å². The molecule has 13 aromatic rings. The Balaban J connectivity index is 0.917. The van der Waals surface area contributed by atoms with Crippen LogP contribution < -0.4 is 4.74 Å². The maximum atomic E-state index is 6.67. The summed E-state index contributed by atoms with van der Waals surface area (Å²) >= 11 is 0. The van der Waals surface area contributed by atoms with Crippen LogP contribution in [0.3, 0.4) is 0 Å². The fraction of sp³-hybridized carbons (Fsp3) is 0.0149. The van der Waals surface area contributed by atoms with E-state index >= 15 is 0 Å². The molecule has 2 aliphatic rings. The smallest absolute Gasteiger partial charge is 0.160 e. The van der Waals surface area contributed by atoms with E-state index in [1.165, 1.54) is 60.4 Å². The molecule has 0 bridgehead atoms. The second-order valence-corrected chi connectivity index (χ2v) is 18.8. The summed E-state index contributed by atoms with van der Waals surface area (Å²) in [7, 11) is 0. The van der Waals surface area contributed by atoms with Gasteiger partial charge < -0.3 is 9.30 Å². The van der Waals surface area contributed by atoms with E-state index in [4.69, 9.17) is 14.7 Å². The van der Waals surface area contributed by atoms with E-state index in [0.717, 1.165) is 72.7 Å². The zero-order valence-corrected chi connectivity index (χ0v) is 38.4. The molecule has 1 aliphatic carbocycles. The highest BCUT2D eigenvalue weighted by molar-refractivity contribution is 6.18. The second-order valence-electron chi connectivity index (χ2n) is 18.8. The molecule has 4 nitrogen and oxygen atoms in total. The standard InChI is InChI=1S/C67H41N3O/c1-2-15-42(16-3-1)43-29-33-46(34-30-43)64-55-40-38-48(70-60-26-11-7-20-52(60)54-39-37-44-17-4-5-18-50(44)65(54)70)41-59(55)68-66(69-64)47-35-31-45(32-36-47)49-21-14-22-53-51-19-6-8-23-56(51)67(63(49)53)57-24-9-12-27-61(57)71-62-28-13-10-25-58(62)67/h1-41H. The Hall–Kier alpha value is -9.38. The van der Waals surface area contributed by atoms with Crippen molar-refractivity contribution in [3.05, 3.63) is 271 Å². The molecule has 71 heavy (non-hydrogen) atoms. The Morgan fingerprint density at radius 1 is 0.366 bits per heavy atom. The summed E-state index contributed by atoms with van der Waals surface area (Å²) in [4.78, 5) is 10.9. The van der Waals surface area contributed by atoms with Gasteiger partial charge in [0.2, 0.25) is 0 Å². The molecule has 2 aromatic heterocycles. The number of ether oxygens (including phenoxy) is 1. The van der Waals surface area contributed by atoms with Crippen molar-refractivity contribution in [1.82, 2.24) is 14.5 Å². The van der Waals surface area contributed by atoms with Crippen molar-refractivity contribution in [3.63, 3.8) is 0 Å². The van der Waals surface area contributed by atoms with E-state index in [1.807, 2.05) is 0 Å². The van der Waals surface area contributed by atoms with Gasteiger partial charge in [0.05, 0.1) is 27.7 Å². The average Bonchev–Trinajstić information content (AvgIpc) is 3.94. The Morgan fingerprint density at radius 3 is 1.76 bits per heavy atom. The van der Waals surface area contributed by atoms with Gasteiger partial charge in [-0.3, -0.25) is 0 Å². The summed E-state index contributed by atoms with van der Waals surface area (Å²) in [5.74, 6) is 2.44. The molecule has 0 fully saturated rings. The number of aromatic nitrogens is 3. The third kappa shape index (κ3) is 5.79.